The number of amides is 2. The fourth-order valence-electron chi connectivity index (χ4n) is 5.28. The van der Waals surface area contributed by atoms with Gasteiger partial charge in [-0.25, -0.2) is 4.39 Å². The normalized spacial score (nSPS) is 17.3. The van der Waals surface area contributed by atoms with Crippen LogP contribution in [0.1, 0.15) is 63.4 Å². The van der Waals surface area contributed by atoms with Gasteiger partial charge in [-0.1, -0.05) is 24.3 Å². The predicted molar refractivity (Wildman–Crippen MR) is 141 cm³/mol. The molecule has 5 N–H and O–H groups in total. The number of hydrogen-bond donors (Lipinski definition) is 4. The fourth-order valence-corrected chi connectivity index (χ4v) is 5.28. The van der Waals surface area contributed by atoms with E-state index in [4.69, 9.17) is 10.5 Å². The highest BCUT2D eigenvalue weighted by Gasteiger charge is 2.26. The number of halogens is 1. The molecule has 0 unspecified atom stereocenters. The van der Waals surface area contributed by atoms with Crippen LogP contribution in [0.15, 0.2) is 54.7 Å². The number of H-pyrrole nitrogens is 1. The molecule has 1 aromatic heterocycles. The van der Waals surface area contributed by atoms with Crippen LogP contribution in [0, 0.1) is 5.82 Å². The van der Waals surface area contributed by atoms with Crippen molar-refractivity contribution in [1.82, 2.24) is 15.5 Å². The Morgan fingerprint density at radius 2 is 1.87 bits per heavy atom. The standard InChI is InChI=1S/C29H29FN4O4/c1-38-25-11-8-19(30)12-23(25)29(37)32-14-16-2-4-18(5-3-16)22-13-21(17-6-9-20(35)10-7-17)24-15-33-34-27(24)26(22)28(31)36/h2-5,8,11-13,15,17,20,35H,6-7,9-10,14H2,1H3,(H2,31,36)(H,32,37)(H,33,34). The van der Waals surface area contributed by atoms with Gasteiger partial charge >= 0.3 is 0 Å². The Bertz CT molecular complexity index is 1490. The molecule has 2 amide bonds. The summed E-state index contributed by atoms with van der Waals surface area (Å²) >= 11 is 0. The van der Waals surface area contributed by atoms with Crippen LogP contribution in [0.2, 0.25) is 0 Å². The van der Waals surface area contributed by atoms with E-state index in [1.807, 2.05) is 30.3 Å². The number of fused-ring (bicyclic) bond motifs is 1. The molecule has 4 aromatic rings. The number of aliphatic hydroxyl groups is 1. The maximum Gasteiger partial charge on any atom is 0.255 e. The van der Waals surface area contributed by atoms with Crippen molar-refractivity contribution in [2.75, 3.05) is 7.11 Å². The number of carbonyl (C=O) groups is 2. The van der Waals surface area contributed by atoms with Crippen molar-refractivity contribution in [3.63, 3.8) is 0 Å². The van der Waals surface area contributed by atoms with Gasteiger partial charge in [0.1, 0.15) is 11.6 Å². The summed E-state index contributed by atoms with van der Waals surface area (Å²) in [6.07, 6.45) is 4.63. The largest absolute Gasteiger partial charge is 0.496 e. The van der Waals surface area contributed by atoms with Crippen LogP contribution >= 0.6 is 0 Å². The topological polar surface area (TPSA) is 130 Å². The molecule has 0 saturated heterocycles. The number of nitrogens with two attached hydrogens (primary N) is 1. The van der Waals surface area contributed by atoms with Crippen molar-refractivity contribution in [2.24, 2.45) is 5.73 Å². The van der Waals surface area contributed by atoms with E-state index in [-0.39, 0.29) is 29.9 Å². The van der Waals surface area contributed by atoms with Crippen LogP contribution in [-0.2, 0) is 6.54 Å². The van der Waals surface area contributed by atoms with Crippen LogP contribution in [-0.4, -0.2) is 40.3 Å². The number of aromatic nitrogens is 2. The first kappa shape index (κ1) is 25.4. The van der Waals surface area contributed by atoms with Crippen LogP contribution in [0.5, 0.6) is 5.75 Å². The summed E-state index contributed by atoms with van der Waals surface area (Å²) in [5.74, 6) is -0.999. The summed E-state index contributed by atoms with van der Waals surface area (Å²) < 4.78 is 18.8. The average molecular weight is 517 g/mol. The van der Waals surface area contributed by atoms with E-state index in [9.17, 15) is 19.1 Å². The summed E-state index contributed by atoms with van der Waals surface area (Å²) in [6, 6.07) is 13.3. The highest BCUT2D eigenvalue weighted by Crippen LogP contribution is 2.40. The minimum absolute atomic E-state index is 0.117. The second kappa shape index (κ2) is 10.6. The number of nitrogens with one attached hydrogen (secondary N) is 2. The quantitative estimate of drug-likeness (QED) is 0.289. The van der Waals surface area contributed by atoms with Crippen LogP contribution in [0.4, 0.5) is 4.39 Å². The lowest BCUT2D eigenvalue weighted by Crippen LogP contribution is -2.23. The Morgan fingerprint density at radius 1 is 1.13 bits per heavy atom. The molecule has 8 nitrogen and oxygen atoms in total. The van der Waals surface area contributed by atoms with E-state index in [1.165, 1.54) is 19.2 Å². The molecule has 0 spiro atoms. The van der Waals surface area contributed by atoms with Gasteiger partial charge in [0.2, 0.25) is 0 Å². The lowest BCUT2D eigenvalue weighted by Gasteiger charge is -2.27. The molecule has 1 heterocycles. The van der Waals surface area contributed by atoms with E-state index in [1.54, 1.807) is 6.20 Å². The van der Waals surface area contributed by atoms with Gasteiger partial charge in [-0.2, -0.15) is 5.10 Å². The van der Waals surface area contributed by atoms with Gasteiger partial charge in [0.05, 0.1) is 36.1 Å². The highest BCUT2D eigenvalue weighted by atomic mass is 19.1. The maximum absolute atomic E-state index is 13.7. The molecule has 38 heavy (non-hydrogen) atoms. The van der Waals surface area contributed by atoms with Crippen molar-refractivity contribution in [2.45, 2.75) is 44.2 Å². The third kappa shape index (κ3) is 4.97. The van der Waals surface area contributed by atoms with Crippen molar-refractivity contribution in [3.05, 3.63) is 82.8 Å². The fraction of sp³-hybridized carbons (Fsp3) is 0.276. The number of methoxy groups -OCH3 is 1. The Kier molecular flexibility index (Phi) is 7.11. The van der Waals surface area contributed by atoms with E-state index in [0.717, 1.165) is 53.8 Å². The lowest BCUT2D eigenvalue weighted by atomic mass is 9.79. The lowest BCUT2D eigenvalue weighted by molar-refractivity contribution is 0.0946. The first-order valence-electron chi connectivity index (χ1n) is 12.5. The van der Waals surface area contributed by atoms with Crippen molar-refractivity contribution in [1.29, 1.82) is 0 Å². The van der Waals surface area contributed by atoms with Crippen LogP contribution < -0.4 is 15.8 Å². The van der Waals surface area contributed by atoms with Crippen LogP contribution in [0.25, 0.3) is 22.0 Å². The monoisotopic (exact) mass is 516 g/mol. The Balaban J connectivity index is 1.42. The first-order chi connectivity index (χ1) is 18.4. The van der Waals surface area contributed by atoms with E-state index < -0.39 is 17.6 Å². The minimum atomic E-state index is -0.555. The number of carbonyl (C=O) groups excluding carboxylic acids is 2. The predicted octanol–water partition coefficient (Wildman–Crippen LogP) is 4.43. The zero-order valence-corrected chi connectivity index (χ0v) is 21.0. The second-order valence-electron chi connectivity index (χ2n) is 9.64. The number of ether oxygens (including phenoxy) is 1. The van der Waals surface area contributed by atoms with Gasteiger partial charge in [-0.3, -0.25) is 14.7 Å². The molecule has 0 atom stereocenters. The van der Waals surface area contributed by atoms with E-state index >= 15 is 0 Å². The van der Waals surface area contributed by atoms with Gasteiger partial charge in [0.15, 0.2) is 0 Å². The van der Waals surface area contributed by atoms with Gasteiger partial charge in [0, 0.05) is 11.9 Å². The van der Waals surface area contributed by atoms with Gasteiger partial charge in [-0.15, -0.1) is 0 Å². The number of aromatic amines is 1. The number of aliphatic hydroxyl groups excluding tert-OH is 1. The minimum Gasteiger partial charge on any atom is -0.496 e. The maximum atomic E-state index is 13.7. The summed E-state index contributed by atoms with van der Waals surface area (Å²) in [4.78, 5) is 25.2. The van der Waals surface area contributed by atoms with E-state index in [0.29, 0.717) is 16.6 Å². The van der Waals surface area contributed by atoms with Gasteiger partial charge in [0.25, 0.3) is 11.8 Å². The van der Waals surface area contributed by atoms with Crippen molar-refractivity contribution >= 4 is 22.7 Å². The third-order valence-corrected chi connectivity index (χ3v) is 7.28. The summed E-state index contributed by atoms with van der Waals surface area (Å²) in [7, 11) is 1.42. The van der Waals surface area contributed by atoms with E-state index in [2.05, 4.69) is 15.5 Å². The molecule has 0 bridgehead atoms. The van der Waals surface area contributed by atoms with Gasteiger partial charge < -0.3 is 20.9 Å². The molecule has 5 rings (SSSR count). The molecule has 1 saturated carbocycles. The zero-order valence-electron chi connectivity index (χ0n) is 21.0. The molecule has 196 valence electrons. The third-order valence-electron chi connectivity index (χ3n) is 7.28. The summed E-state index contributed by atoms with van der Waals surface area (Å²) in [5, 5.41) is 20.8. The number of rotatable bonds is 7. The van der Waals surface area contributed by atoms with Gasteiger partial charge in [-0.05, 0) is 78.1 Å². The van der Waals surface area contributed by atoms with Crippen molar-refractivity contribution < 1.29 is 23.8 Å². The highest BCUT2D eigenvalue weighted by molar-refractivity contribution is 6.11. The molecule has 0 aliphatic heterocycles. The zero-order chi connectivity index (χ0) is 26.8. The first-order valence-corrected chi connectivity index (χ1v) is 12.5. The number of primary amides is 1. The molecule has 1 aliphatic carbocycles. The number of hydrogen-bond acceptors (Lipinski definition) is 5. The smallest absolute Gasteiger partial charge is 0.255 e. The Labute approximate surface area is 219 Å². The van der Waals surface area contributed by atoms with Crippen molar-refractivity contribution in [3.8, 4) is 16.9 Å². The molecular weight excluding hydrogens is 487 g/mol. The molecule has 9 heteroatoms. The molecule has 0 radical (unpaired) electrons. The summed E-state index contributed by atoms with van der Waals surface area (Å²) in [5.41, 5.74) is 10.3. The molecule has 3 aromatic carbocycles. The molecular formula is C29H29FN4O4. The second-order valence-corrected chi connectivity index (χ2v) is 9.64. The molecule has 1 fully saturated rings. The Hall–Kier alpha value is -4.24. The molecule has 1 aliphatic rings. The number of benzene rings is 3. The van der Waals surface area contributed by atoms with Crippen LogP contribution in [0.3, 0.4) is 0 Å². The average Bonchev–Trinajstić information content (AvgIpc) is 3.41. The number of nitrogens with zero attached hydrogens (tertiary/aromatic N) is 1. The SMILES string of the molecule is COc1ccc(F)cc1C(=O)NCc1ccc(-c2cc(C3CCC(O)CC3)c3cn[nH]c3c2C(N)=O)cc1. The Morgan fingerprint density at radius 3 is 2.55 bits per heavy atom. The summed E-state index contributed by atoms with van der Waals surface area (Å²) in [6.45, 7) is 0.219.